The number of nitrogens with one attached hydrogen (secondary N) is 2. The molecule has 19 heavy (non-hydrogen) atoms. The second-order valence-corrected chi connectivity index (χ2v) is 7.62. The molecule has 1 fully saturated rings. The van der Waals surface area contributed by atoms with Crippen molar-refractivity contribution >= 4 is 27.5 Å². The maximum Gasteiger partial charge on any atom is 0.262 e. The van der Waals surface area contributed by atoms with Crippen LogP contribution in [0.4, 0.5) is 0 Å². The van der Waals surface area contributed by atoms with E-state index in [1.54, 1.807) is 18.2 Å². The van der Waals surface area contributed by atoms with Crippen molar-refractivity contribution < 1.29 is 18.4 Å². The number of hydroxylamine groups is 1. The smallest absolute Gasteiger partial charge is 0.262 e. The normalized spacial score (nSPS) is 23.8. The summed E-state index contributed by atoms with van der Waals surface area (Å²) in [7, 11) is -3.64. The molecule has 104 valence electrons. The van der Waals surface area contributed by atoms with E-state index >= 15 is 0 Å². The lowest BCUT2D eigenvalue weighted by atomic mass is 10.3. The van der Waals surface area contributed by atoms with Crippen LogP contribution < -0.4 is 10.8 Å². The van der Waals surface area contributed by atoms with Crippen LogP contribution in [0.1, 0.15) is 0 Å². The third-order valence-electron chi connectivity index (χ3n) is 2.79. The second-order valence-electron chi connectivity index (χ2n) is 4.01. The van der Waals surface area contributed by atoms with Crippen LogP contribution in [0.2, 0.25) is 0 Å². The zero-order chi connectivity index (χ0) is 13.9. The Hall–Kier alpha value is -1.09. The summed E-state index contributed by atoms with van der Waals surface area (Å²) in [6.07, 6.45) is 0. The van der Waals surface area contributed by atoms with Gasteiger partial charge in [0.25, 0.3) is 5.91 Å². The summed E-state index contributed by atoms with van der Waals surface area (Å²) < 4.78 is 24.0. The Labute approximate surface area is 115 Å². The van der Waals surface area contributed by atoms with Crippen molar-refractivity contribution in [1.29, 1.82) is 0 Å². The van der Waals surface area contributed by atoms with E-state index in [2.05, 4.69) is 5.32 Å². The average molecular weight is 302 g/mol. The molecule has 1 aromatic rings. The van der Waals surface area contributed by atoms with E-state index in [0.29, 0.717) is 12.3 Å². The van der Waals surface area contributed by atoms with Gasteiger partial charge in [0.05, 0.1) is 4.90 Å². The predicted octanol–water partition coefficient (Wildman–Crippen LogP) is -0.00320. The molecular formula is C11H14N2O4S2. The highest BCUT2D eigenvalue weighted by Gasteiger charge is 2.41. The SMILES string of the molecule is O=C(NO)C1NCCSC1S(=O)(=O)c1ccccc1. The van der Waals surface area contributed by atoms with Crippen LogP contribution in [-0.2, 0) is 14.6 Å². The van der Waals surface area contributed by atoms with Gasteiger partial charge >= 0.3 is 0 Å². The molecule has 2 atom stereocenters. The molecule has 1 saturated heterocycles. The minimum absolute atomic E-state index is 0.173. The molecule has 3 N–H and O–H groups in total. The molecule has 2 rings (SSSR count). The third-order valence-corrected chi connectivity index (χ3v) is 6.81. The first-order valence-corrected chi connectivity index (χ1v) is 8.25. The fourth-order valence-electron chi connectivity index (χ4n) is 1.88. The Bertz CT molecular complexity index is 547. The molecule has 1 amide bonds. The monoisotopic (exact) mass is 302 g/mol. The van der Waals surface area contributed by atoms with E-state index in [4.69, 9.17) is 5.21 Å². The van der Waals surface area contributed by atoms with Crippen LogP contribution in [-0.4, -0.2) is 42.5 Å². The van der Waals surface area contributed by atoms with Crippen LogP contribution in [0.25, 0.3) is 0 Å². The number of rotatable bonds is 3. The first-order chi connectivity index (χ1) is 9.07. The van der Waals surface area contributed by atoms with E-state index in [0.717, 1.165) is 0 Å². The molecule has 8 heteroatoms. The minimum Gasteiger partial charge on any atom is -0.303 e. The summed E-state index contributed by atoms with van der Waals surface area (Å²) in [6, 6.07) is 7.03. The van der Waals surface area contributed by atoms with Crippen molar-refractivity contribution in [2.24, 2.45) is 0 Å². The van der Waals surface area contributed by atoms with E-state index in [1.807, 2.05) is 0 Å². The quantitative estimate of drug-likeness (QED) is 0.537. The van der Waals surface area contributed by atoms with E-state index < -0.39 is 26.4 Å². The highest BCUT2D eigenvalue weighted by Crippen LogP contribution is 2.29. The number of benzene rings is 1. The zero-order valence-electron chi connectivity index (χ0n) is 9.94. The number of amides is 1. The second kappa shape index (κ2) is 5.91. The van der Waals surface area contributed by atoms with Crippen molar-refractivity contribution in [3.63, 3.8) is 0 Å². The molecule has 0 radical (unpaired) electrons. The molecule has 1 aliphatic heterocycles. The van der Waals surface area contributed by atoms with Gasteiger partial charge in [0, 0.05) is 12.3 Å². The number of carbonyl (C=O) groups is 1. The number of sulfone groups is 1. The Morgan fingerprint density at radius 2 is 2.05 bits per heavy atom. The number of carbonyl (C=O) groups excluding carboxylic acids is 1. The van der Waals surface area contributed by atoms with Crippen molar-refractivity contribution in [2.45, 2.75) is 15.5 Å². The van der Waals surface area contributed by atoms with Gasteiger partial charge in [0.15, 0.2) is 9.84 Å². The highest BCUT2D eigenvalue weighted by atomic mass is 32.3. The Kier molecular flexibility index (Phi) is 4.46. The molecule has 1 aliphatic rings. The Balaban J connectivity index is 2.35. The van der Waals surface area contributed by atoms with E-state index in [1.165, 1.54) is 29.4 Å². The molecule has 0 spiro atoms. The van der Waals surface area contributed by atoms with E-state index in [-0.39, 0.29) is 4.90 Å². The summed E-state index contributed by atoms with van der Waals surface area (Å²) in [5, 5.41) is 11.5. The van der Waals surface area contributed by atoms with Gasteiger partial charge in [-0.2, -0.15) is 0 Å². The van der Waals surface area contributed by atoms with Crippen LogP contribution in [0.15, 0.2) is 35.2 Å². The summed E-state index contributed by atoms with van der Waals surface area (Å²) >= 11 is 1.19. The van der Waals surface area contributed by atoms with Gasteiger partial charge < -0.3 is 5.32 Å². The summed E-state index contributed by atoms with van der Waals surface area (Å²) in [5.41, 5.74) is 1.51. The van der Waals surface area contributed by atoms with Crippen molar-refractivity contribution in [3.05, 3.63) is 30.3 Å². The van der Waals surface area contributed by atoms with Crippen molar-refractivity contribution in [3.8, 4) is 0 Å². The maximum atomic E-state index is 12.5. The number of thioether (sulfide) groups is 1. The Morgan fingerprint density at radius 3 is 2.68 bits per heavy atom. The molecule has 2 unspecified atom stereocenters. The predicted molar refractivity (Wildman–Crippen MR) is 71.6 cm³/mol. The summed E-state index contributed by atoms with van der Waals surface area (Å²) in [5.74, 6) is -0.150. The Morgan fingerprint density at radius 1 is 1.37 bits per heavy atom. The lowest BCUT2D eigenvalue weighted by Crippen LogP contribution is -2.55. The van der Waals surface area contributed by atoms with Crippen LogP contribution in [0.5, 0.6) is 0 Å². The molecule has 0 aromatic heterocycles. The first kappa shape index (κ1) is 14.3. The van der Waals surface area contributed by atoms with Gasteiger partial charge in [-0.15, -0.1) is 11.8 Å². The molecular weight excluding hydrogens is 288 g/mol. The molecule has 1 heterocycles. The van der Waals surface area contributed by atoms with Crippen molar-refractivity contribution in [2.75, 3.05) is 12.3 Å². The van der Waals surface area contributed by atoms with Crippen LogP contribution in [0.3, 0.4) is 0 Å². The van der Waals surface area contributed by atoms with Gasteiger partial charge in [-0.3, -0.25) is 10.0 Å². The molecule has 1 aromatic carbocycles. The highest BCUT2D eigenvalue weighted by molar-refractivity contribution is 8.13. The van der Waals surface area contributed by atoms with E-state index in [9.17, 15) is 13.2 Å². The summed E-state index contributed by atoms with van der Waals surface area (Å²) in [6.45, 7) is 0.517. The van der Waals surface area contributed by atoms with Gasteiger partial charge in [-0.25, -0.2) is 13.9 Å². The zero-order valence-corrected chi connectivity index (χ0v) is 11.6. The fourth-order valence-corrected chi connectivity index (χ4v) is 5.48. The average Bonchev–Trinajstić information content (AvgIpc) is 2.47. The van der Waals surface area contributed by atoms with Gasteiger partial charge in [0.2, 0.25) is 0 Å². The van der Waals surface area contributed by atoms with Gasteiger partial charge in [0.1, 0.15) is 10.6 Å². The van der Waals surface area contributed by atoms with Gasteiger partial charge in [-0.1, -0.05) is 18.2 Å². The largest absolute Gasteiger partial charge is 0.303 e. The van der Waals surface area contributed by atoms with Gasteiger partial charge in [-0.05, 0) is 12.1 Å². The molecule has 0 bridgehead atoms. The minimum atomic E-state index is -3.64. The fraction of sp³-hybridized carbons (Fsp3) is 0.364. The van der Waals surface area contributed by atoms with Crippen LogP contribution >= 0.6 is 11.8 Å². The molecule has 6 nitrogen and oxygen atoms in total. The third kappa shape index (κ3) is 2.92. The topological polar surface area (TPSA) is 95.5 Å². The molecule has 0 saturated carbocycles. The lowest BCUT2D eigenvalue weighted by molar-refractivity contribution is -0.131. The molecule has 0 aliphatic carbocycles. The first-order valence-electron chi connectivity index (χ1n) is 5.65. The lowest BCUT2D eigenvalue weighted by Gasteiger charge is -2.30. The number of hydrogen-bond donors (Lipinski definition) is 3. The maximum absolute atomic E-state index is 12.5. The summed E-state index contributed by atoms with van der Waals surface area (Å²) in [4.78, 5) is 11.7. The standard InChI is InChI=1S/C11H14N2O4S2/c14-10(13-15)9-11(18-7-6-12-9)19(16,17)8-4-2-1-3-5-8/h1-5,9,11-12,15H,6-7H2,(H,13,14). The van der Waals surface area contributed by atoms with Crippen LogP contribution in [0, 0.1) is 0 Å². The number of hydrogen-bond acceptors (Lipinski definition) is 6. The van der Waals surface area contributed by atoms with Crippen molar-refractivity contribution in [1.82, 2.24) is 10.8 Å².